The molecule has 2 aromatic heterocycles. The van der Waals surface area contributed by atoms with Crippen molar-refractivity contribution in [1.29, 1.82) is 0 Å². The molecule has 0 bridgehead atoms. The number of sulfone groups is 1. The Hall–Kier alpha value is -1.74. The van der Waals surface area contributed by atoms with E-state index in [9.17, 15) is 13.2 Å². The van der Waals surface area contributed by atoms with E-state index in [0.29, 0.717) is 4.47 Å². The summed E-state index contributed by atoms with van der Waals surface area (Å²) in [4.78, 5) is 15.0. The Bertz CT molecular complexity index is 754. The largest absolute Gasteiger partial charge is 0.478 e. The lowest BCUT2D eigenvalue weighted by molar-refractivity contribution is 0.0695. The van der Waals surface area contributed by atoms with Gasteiger partial charge >= 0.3 is 5.97 Å². The van der Waals surface area contributed by atoms with E-state index in [2.05, 4.69) is 26.0 Å². The summed E-state index contributed by atoms with van der Waals surface area (Å²) in [5.74, 6) is -0.901. The molecule has 0 atom stereocenters. The van der Waals surface area contributed by atoms with E-state index in [1.165, 1.54) is 29.3 Å². The number of carboxylic acid groups (broad SMARTS) is 1. The van der Waals surface area contributed by atoms with Crippen molar-refractivity contribution in [3.8, 4) is 5.82 Å². The summed E-state index contributed by atoms with van der Waals surface area (Å²) in [5, 5.41) is 12.8. The molecule has 0 aliphatic rings. The van der Waals surface area contributed by atoms with Crippen LogP contribution < -0.4 is 0 Å². The van der Waals surface area contributed by atoms with Crippen LogP contribution in [0.3, 0.4) is 0 Å². The number of aromatic carboxylic acids is 1. The van der Waals surface area contributed by atoms with Crippen molar-refractivity contribution in [2.24, 2.45) is 0 Å². The molecule has 2 aromatic rings. The second-order valence-electron chi connectivity index (χ2n) is 3.72. The van der Waals surface area contributed by atoms with Gasteiger partial charge in [-0.2, -0.15) is 5.10 Å². The van der Waals surface area contributed by atoms with Crippen molar-refractivity contribution < 1.29 is 18.3 Å². The van der Waals surface area contributed by atoms with Gasteiger partial charge in [0.1, 0.15) is 4.90 Å². The molecule has 2 heterocycles. The molecule has 0 saturated heterocycles. The average molecular weight is 346 g/mol. The summed E-state index contributed by atoms with van der Waals surface area (Å²) in [5.41, 5.74) is 0.0152. The lowest BCUT2D eigenvalue weighted by Crippen LogP contribution is -2.04. The maximum absolute atomic E-state index is 11.3. The number of hydrogen-bond donors (Lipinski definition) is 1. The van der Waals surface area contributed by atoms with Crippen molar-refractivity contribution in [2.45, 2.75) is 4.90 Å². The van der Waals surface area contributed by atoms with E-state index in [-0.39, 0.29) is 16.3 Å². The fraction of sp³-hybridized carbons (Fsp3) is 0.100. The SMILES string of the molecule is CS(=O)(=O)c1cnn(-c2cc(C(=O)O)c(Br)cn2)c1. The standard InChI is InChI=1S/C10H8BrN3O4S/c1-19(17,18)6-3-13-14(5-6)9-2-7(10(15)16)8(11)4-12-9/h2-5H,1H3,(H,15,16). The first-order chi connectivity index (χ1) is 8.79. The van der Waals surface area contributed by atoms with Crippen molar-refractivity contribution in [1.82, 2.24) is 14.8 Å². The van der Waals surface area contributed by atoms with Gasteiger partial charge in [-0.15, -0.1) is 0 Å². The molecule has 19 heavy (non-hydrogen) atoms. The summed E-state index contributed by atoms with van der Waals surface area (Å²) in [6.45, 7) is 0. The topological polar surface area (TPSA) is 102 Å². The van der Waals surface area contributed by atoms with Gasteiger partial charge in [0.15, 0.2) is 15.7 Å². The van der Waals surface area contributed by atoms with E-state index in [4.69, 9.17) is 5.11 Å². The van der Waals surface area contributed by atoms with Gasteiger partial charge in [0.2, 0.25) is 0 Å². The monoisotopic (exact) mass is 345 g/mol. The number of halogens is 1. The van der Waals surface area contributed by atoms with Crippen molar-refractivity contribution in [3.05, 3.63) is 34.7 Å². The molecular weight excluding hydrogens is 338 g/mol. The van der Waals surface area contributed by atoms with Gasteiger partial charge in [-0.25, -0.2) is 22.9 Å². The van der Waals surface area contributed by atoms with Gasteiger partial charge in [0, 0.05) is 12.5 Å². The number of aromatic nitrogens is 3. The lowest BCUT2D eigenvalue weighted by atomic mass is 10.2. The normalized spacial score (nSPS) is 11.5. The van der Waals surface area contributed by atoms with E-state index < -0.39 is 15.8 Å². The number of nitrogens with zero attached hydrogens (tertiary/aromatic N) is 3. The summed E-state index contributed by atoms with van der Waals surface area (Å²) in [6, 6.07) is 1.30. The Morgan fingerprint density at radius 2 is 2.11 bits per heavy atom. The summed E-state index contributed by atoms with van der Waals surface area (Å²) < 4.78 is 24.2. The molecular formula is C10H8BrN3O4S. The zero-order valence-electron chi connectivity index (χ0n) is 9.61. The Balaban J connectivity index is 2.51. The Morgan fingerprint density at radius 1 is 1.42 bits per heavy atom. The molecule has 0 unspecified atom stereocenters. The van der Waals surface area contributed by atoms with Crippen molar-refractivity contribution in [2.75, 3.05) is 6.26 Å². The van der Waals surface area contributed by atoms with Crippen LogP contribution in [0.5, 0.6) is 0 Å². The summed E-state index contributed by atoms with van der Waals surface area (Å²) >= 11 is 3.07. The smallest absolute Gasteiger partial charge is 0.337 e. The molecule has 0 aliphatic heterocycles. The quantitative estimate of drug-likeness (QED) is 0.894. The van der Waals surface area contributed by atoms with E-state index in [0.717, 1.165) is 6.26 Å². The zero-order valence-corrected chi connectivity index (χ0v) is 12.0. The van der Waals surface area contributed by atoms with Gasteiger partial charge in [0.05, 0.1) is 22.4 Å². The minimum Gasteiger partial charge on any atom is -0.478 e. The molecule has 1 N–H and O–H groups in total. The highest BCUT2D eigenvalue weighted by Gasteiger charge is 2.14. The molecule has 100 valence electrons. The third-order valence-electron chi connectivity index (χ3n) is 2.29. The molecule has 0 aromatic carbocycles. The second kappa shape index (κ2) is 4.74. The van der Waals surface area contributed by atoms with Crippen LogP contribution in [0.15, 0.2) is 34.0 Å². The van der Waals surface area contributed by atoms with Crippen LogP contribution in [-0.4, -0.2) is 40.5 Å². The number of hydrogen-bond acceptors (Lipinski definition) is 5. The fourth-order valence-corrected chi connectivity index (χ4v) is 2.26. The van der Waals surface area contributed by atoms with E-state index in [1.54, 1.807) is 0 Å². The van der Waals surface area contributed by atoms with Crippen LogP contribution in [0.1, 0.15) is 10.4 Å². The van der Waals surface area contributed by atoms with Crippen LogP contribution in [0.25, 0.3) is 5.82 Å². The highest BCUT2D eigenvalue weighted by molar-refractivity contribution is 9.10. The summed E-state index contributed by atoms with van der Waals surface area (Å²) in [6.07, 6.45) is 4.84. The maximum atomic E-state index is 11.3. The molecule has 9 heteroatoms. The molecule has 7 nitrogen and oxygen atoms in total. The Kier molecular flexibility index (Phi) is 3.42. The van der Waals surface area contributed by atoms with E-state index >= 15 is 0 Å². The predicted molar refractivity (Wildman–Crippen MR) is 69.1 cm³/mol. The fourth-order valence-electron chi connectivity index (χ4n) is 1.34. The number of pyridine rings is 1. The molecule has 0 aliphatic carbocycles. The Morgan fingerprint density at radius 3 is 2.63 bits per heavy atom. The zero-order chi connectivity index (χ0) is 14.2. The van der Waals surface area contributed by atoms with Crippen LogP contribution in [0.4, 0.5) is 0 Å². The summed E-state index contributed by atoms with van der Waals surface area (Å²) in [7, 11) is -3.36. The average Bonchev–Trinajstić information content (AvgIpc) is 2.78. The van der Waals surface area contributed by atoms with Crippen LogP contribution in [-0.2, 0) is 9.84 Å². The van der Waals surface area contributed by atoms with Crippen molar-refractivity contribution >= 4 is 31.7 Å². The van der Waals surface area contributed by atoms with Crippen LogP contribution >= 0.6 is 15.9 Å². The molecule has 0 radical (unpaired) electrons. The second-order valence-corrected chi connectivity index (χ2v) is 6.59. The number of carboxylic acids is 1. The van der Waals surface area contributed by atoms with Gasteiger partial charge in [-0.05, 0) is 22.0 Å². The van der Waals surface area contributed by atoms with Gasteiger partial charge in [-0.1, -0.05) is 0 Å². The molecule has 0 spiro atoms. The predicted octanol–water partition coefficient (Wildman–Crippen LogP) is 1.13. The van der Waals surface area contributed by atoms with Crippen LogP contribution in [0, 0.1) is 0 Å². The van der Waals surface area contributed by atoms with Gasteiger partial charge in [0.25, 0.3) is 0 Å². The lowest BCUT2D eigenvalue weighted by Gasteiger charge is -2.03. The highest BCUT2D eigenvalue weighted by atomic mass is 79.9. The molecule has 0 saturated carbocycles. The molecule has 2 rings (SSSR count). The third kappa shape index (κ3) is 2.82. The first-order valence-electron chi connectivity index (χ1n) is 4.93. The third-order valence-corrected chi connectivity index (χ3v) is 3.99. The van der Waals surface area contributed by atoms with Gasteiger partial charge in [-0.3, -0.25) is 0 Å². The molecule has 0 amide bonds. The first-order valence-corrected chi connectivity index (χ1v) is 7.61. The number of carbonyl (C=O) groups is 1. The van der Waals surface area contributed by atoms with Gasteiger partial charge < -0.3 is 5.11 Å². The van der Waals surface area contributed by atoms with E-state index in [1.807, 2.05) is 0 Å². The van der Waals surface area contributed by atoms with Crippen LogP contribution in [0.2, 0.25) is 0 Å². The number of rotatable bonds is 3. The highest BCUT2D eigenvalue weighted by Crippen LogP contribution is 2.18. The minimum absolute atomic E-state index is 0.0152. The molecule has 0 fully saturated rings. The Labute approximate surface area is 116 Å². The van der Waals surface area contributed by atoms with Crippen molar-refractivity contribution in [3.63, 3.8) is 0 Å². The minimum atomic E-state index is -3.36. The maximum Gasteiger partial charge on any atom is 0.337 e. The first kappa shape index (κ1) is 13.7.